The number of carbonyl (C=O) groups excluding carboxylic acids is 2. The first-order valence-electron chi connectivity index (χ1n) is 8.19. The van der Waals surface area contributed by atoms with Gasteiger partial charge in [0.15, 0.2) is 10.1 Å². The van der Waals surface area contributed by atoms with E-state index in [2.05, 4.69) is 15.5 Å². The van der Waals surface area contributed by atoms with Crippen LogP contribution in [0, 0.1) is 6.92 Å². The summed E-state index contributed by atoms with van der Waals surface area (Å²) in [6.07, 6.45) is 1.37. The molecule has 158 valence electrons. The molecule has 2 aliphatic rings. The molecule has 3 heterocycles. The van der Waals surface area contributed by atoms with Crippen molar-refractivity contribution < 1.29 is 28.8 Å². The summed E-state index contributed by atoms with van der Waals surface area (Å²) in [6, 6.07) is 0. The molecule has 10 nitrogen and oxygen atoms in total. The molecule has 2 aliphatic heterocycles. The smallest absolute Gasteiger partial charge is 0.352 e. The lowest BCUT2D eigenvalue weighted by Crippen LogP contribution is -2.81. The highest BCUT2D eigenvalue weighted by molar-refractivity contribution is 8.01. The van der Waals surface area contributed by atoms with Crippen LogP contribution >= 0.6 is 34.9 Å². The highest BCUT2D eigenvalue weighted by Crippen LogP contribution is 2.47. The number of aliphatic carboxylic acids is 1. The van der Waals surface area contributed by atoms with Crippen molar-refractivity contribution in [2.75, 3.05) is 30.6 Å². The maximum Gasteiger partial charge on any atom is 0.352 e. The van der Waals surface area contributed by atoms with Crippen LogP contribution in [0.5, 0.6) is 0 Å². The zero-order valence-electron chi connectivity index (χ0n) is 15.7. The number of carboxylic acid groups (broad SMARTS) is 1. The molecule has 2 amide bonds. The number of carbonyl (C=O) groups is 3. The molecule has 1 fully saturated rings. The Labute approximate surface area is 182 Å². The molecule has 0 aliphatic carbocycles. The van der Waals surface area contributed by atoms with Gasteiger partial charge in [-0.2, -0.15) is 0 Å². The molecule has 0 bridgehead atoms. The van der Waals surface area contributed by atoms with Gasteiger partial charge in [-0.05, 0) is 23.7 Å². The third-order valence-corrected chi connectivity index (χ3v) is 8.27. The quantitative estimate of drug-likeness (QED) is 0.227. The predicted octanol–water partition coefficient (Wildman–Crippen LogP) is 0.0298. The second-order valence-electron chi connectivity index (χ2n) is 6.18. The number of aromatic nitrogens is 2. The fourth-order valence-electron chi connectivity index (χ4n) is 2.97. The number of hydrogen-bond donors (Lipinski definition) is 2. The van der Waals surface area contributed by atoms with Crippen molar-refractivity contribution >= 4 is 63.8 Å². The van der Waals surface area contributed by atoms with Crippen molar-refractivity contribution in [3.05, 3.63) is 16.3 Å². The summed E-state index contributed by atoms with van der Waals surface area (Å²) in [6.45, 7) is 1.83. The Bertz CT molecular complexity index is 875. The van der Waals surface area contributed by atoms with E-state index in [9.17, 15) is 24.0 Å². The molecular weight excluding hydrogens is 460 g/mol. The topological polar surface area (TPSA) is 145 Å². The third-order valence-electron chi connectivity index (χ3n) is 4.17. The van der Waals surface area contributed by atoms with Gasteiger partial charge in [0, 0.05) is 18.6 Å². The van der Waals surface area contributed by atoms with Gasteiger partial charge in [0.2, 0.25) is 0 Å². The Balaban J connectivity index is 1.81. The van der Waals surface area contributed by atoms with E-state index in [4.69, 9.17) is 4.74 Å². The summed E-state index contributed by atoms with van der Waals surface area (Å²) in [5.41, 5.74) is -1.19. The van der Waals surface area contributed by atoms with Gasteiger partial charge in [-0.1, -0.05) is 23.1 Å². The minimum atomic E-state index is -1.67. The number of nitrogens with zero attached hydrogens (tertiary/aromatic N) is 3. The van der Waals surface area contributed by atoms with Crippen LogP contribution in [0.4, 0.5) is 0 Å². The van der Waals surface area contributed by atoms with E-state index < -0.39 is 40.1 Å². The largest absolute Gasteiger partial charge is 0.616 e. The molecule has 3 rings (SSSR count). The number of thioether (sulfide) groups is 2. The first kappa shape index (κ1) is 22.4. The minimum Gasteiger partial charge on any atom is -0.616 e. The van der Waals surface area contributed by atoms with Gasteiger partial charge in [0.1, 0.15) is 16.1 Å². The molecule has 29 heavy (non-hydrogen) atoms. The summed E-state index contributed by atoms with van der Waals surface area (Å²) < 4.78 is 17.3. The van der Waals surface area contributed by atoms with Crippen LogP contribution in [0.15, 0.2) is 15.6 Å². The summed E-state index contributed by atoms with van der Waals surface area (Å²) in [4.78, 5) is 38.0. The van der Waals surface area contributed by atoms with E-state index >= 15 is 0 Å². The lowest BCUT2D eigenvalue weighted by Gasteiger charge is -2.55. The molecular formula is C15H18N4O6S4. The zero-order chi connectivity index (χ0) is 21.3. The fourth-order valence-corrected chi connectivity index (χ4v) is 6.80. The van der Waals surface area contributed by atoms with Gasteiger partial charge in [0.05, 0.1) is 6.26 Å². The fraction of sp³-hybridized carbons (Fsp3) is 0.533. The molecule has 3 atom stereocenters. The van der Waals surface area contributed by atoms with Crippen molar-refractivity contribution in [1.82, 2.24) is 20.4 Å². The highest BCUT2D eigenvalue weighted by atomic mass is 32.2. The standard InChI is InChI=1S/C15H18N4O6S4/c1-7-17-18-14(28-7)27-5-8-4-26-13-15(25-2,16-9(20)6-29(3)24)12(23)19(13)10(8)11(21)22/h13H,4-6H2,1-3H3,(H,16,20)(H,21,22)/t13-,15-,29?/m0/s1. The molecule has 0 aromatic carbocycles. The lowest BCUT2D eigenvalue weighted by molar-refractivity contribution is -0.192. The van der Waals surface area contributed by atoms with Gasteiger partial charge in [-0.25, -0.2) is 4.79 Å². The number of carboxylic acids is 1. The van der Waals surface area contributed by atoms with Crippen LogP contribution in [0.2, 0.25) is 0 Å². The Hall–Kier alpha value is -1.32. The predicted molar refractivity (Wildman–Crippen MR) is 110 cm³/mol. The molecule has 0 spiro atoms. The number of rotatable bonds is 8. The highest BCUT2D eigenvalue weighted by Gasteiger charge is 2.66. The molecule has 0 saturated carbocycles. The Morgan fingerprint density at radius 1 is 1.52 bits per heavy atom. The number of ether oxygens (including phenoxy) is 1. The molecule has 1 aromatic rings. The second-order valence-corrected chi connectivity index (χ2v) is 11.1. The molecule has 1 unspecified atom stereocenters. The number of methoxy groups -OCH3 is 1. The Morgan fingerprint density at radius 3 is 2.79 bits per heavy atom. The van der Waals surface area contributed by atoms with E-state index in [1.807, 2.05) is 6.92 Å². The van der Waals surface area contributed by atoms with Gasteiger partial charge in [-0.3, -0.25) is 14.5 Å². The third kappa shape index (κ3) is 4.27. The summed E-state index contributed by atoms with van der Waals surface area (Å²) >= 11 is 2.68. The summed E-state index contributed by atoms with van der Waals surface area (Å²) in [5, 5.41) is 20.2. The van der Waals surface area contributed by atoms with E-state index in [1.165, 1.54) is 48.2 Å². The second kappa shape index (κ2) is 8.81. The lowest BCUT2D eigenvalue weighted by atomic mass is 9.98. The Morgan fingerprint density at radius 2 is 2.24 bits per heavy atom. The van der Waals surface area contributed by atoms with Gasteiger partial charge >= 0.3 is 5.97 Å². The van der Waals surface area contributed by atoms with Crippen LogP contribution in [-0.4, -0.2) is 84.3 Å². The molecule has 14 heteroatoms. The number of aryl methyl sites for hydroxylation is 1. The van der Waals surface area contributed by atoms with E-state index in [-0.39, 0.29) is 11.4 Å². The van der Waals surface area contributed by atoms with Crippen LogP contribution in [0.1, 0.15) is 5.01 Å². The summed E-state index contributed by atoms with van der Waals surface area (Å²) in [7, 11) is 1.27. The summed E-state index contributed by atoms with van der Waals surface area (Å²) in [5.74, 6) is -2.07. The van der Waals surface area contributed by atoms with E-state index in [0.717, 1.165) is 9.91 Å². The van der Waals surface area contributed by atoms with Crippen molar-refractivity contribution in [1.29, 1.82) is 0 Å². The average Bonchev–Trinajstić information content (AvgIpc) is 3.07. The first-order chi connectivity index (χ1) is 13.7. The molecule has 1 saturated heterocycles. The minimum absolute atomic E-state index is 0.103. The maximum absolute atomic E-state index is 12.9. The molecule has 2 N–H and O–H groups in total. The molecule has 1 aromatic heterocycles. The van der Waals surface area contributed by atoms with Crippen molar-refractivity contribution in [2.45, 2.75) is 22.4 Å². The van der Waals surface area contributed by atoms with Crippen LogP contribution in [0.25, 0.3) is 0 Å². The van der Waals surface area contributed by atoms with Crippen LogP contribution in [-0.2, 0) is 30.3 Å². The van der Waals surface area contributed by atoms with Crippen molar-refractivity contribution in [3.8, 4) is 0 Å². The van der Waals surface area contributed by atoms with Crippen LogP contribution in [0.3, 0.4) is 0 Å². The maximum atomic E-state index is 12.9. The van der Waals surface area contributed by atoms with Gasteiger partial charge in [-0.15, -0.1) is 22.0 Å². The average molecular weight is 479 g/mol. The van der Waals surface area contributed by atoms with Crippen molar-refractivity contribution in [2.24, 2.45) is 0 Å². The number of β-lactam (4-membered cyclic amide) rings is 1. The van der Waals surface area contributed by atoms with Crippen LogP contribution < -0.4 is 5.32 Å². The zero-order valence-corrected chi connectivity index (χ0v) is 18.9. The number of nitrogens with one attached hydrogen (secondary N) is 1. The van der Waals surface area contributed by atoms with E-state index in [0.29, 0.717) is 21.4 Å². The van der Waals surface area contributed by atoms with Crippen molar-refractivity contribution in [3.63, 3.8) is 0 Å². The normalized spacial score (nSPS) is 24.8. The monoisotopic (exact) mass is 478 g/mol. The molecule has 0 radical (unpaired) electrons. The SMILES string of the molecule is CO[C@@]1(NC(=O)C[S+](C)[O-])C(=O)N2C(C(=O)O)=C(CSc3nnc(C)s3)CS[C@H]21. The number of amides is 2. The van der Waals surface area contributed by atoms with Gasteiger partial charge < -0.3 is 19.7 Å². The number of hydrogen-bond acceptors (Lipinski definition) is 10. The Kier molecular flexibility index (Phi) is 6.80. The number of fused-ring (bicyclic) bond motifs is 1. The van der Waals surface area contributed by atoms with Gasteiger partial charge in [0.25, 0.3) is 17.5 Å². The first-order valence-corrected chi connectivity index (χ1v) is 12.8. The van der Waals surface area contributed by atoms with E-state index in [1.54, 1.807) is 0 Å².